The minimum atomic E-state index is -3.95. The lowest BCUT2D eigenvalue weighted by molar-refractivity contribution is 0.0678. The van der Waals surface area contributed by atoms with Crippen LogP contribution in [0.3, 0.4) is 0 Å². The van der Waals surface area contributed by atoms with Crippen molar-refractivity contribution in [2.45, 2.75) is 36.4 Å². The van der Waals surface area contributed by atoms with Gasteiger partial charge in [-0.25, -0.2) is 8.42 Å². The topological polar surface area (TPSA) is 90.0 Å². The van der Waals surface area contributed by atoms with Crippen molar-refractivity contribution in [2.75, 3.05) is 6.61 Å². The van der Waals surface area contributed by atoms with E-state index in [1.807, 2.05) is 31.2 Å². The maximum absolute atomic E-state index is 13.5. The third-order valence-corrected chi connectivity index (χ3v) is 7.08. The number of carbonyl (C=O) groups is 1. The molecular weight excluding hydrogens is 490 g/mol. The number of furan rings is 2. The second kappa shape index (κ2) is 10.8. The van der Waals surface area contributed by atoms with Crippen molar-refractivity contribution in [3.8, 4) is 5.75 Å². The van der Waals surface area contributed by atoms with Crippen LogP contribution in [-0.4, -0.2) is 25.8 Å². The molecule has 0 saturated carbocycles. The highest BCUT2D eigenvalue weighted by atomic mass is 35.5. The average molecular weight is 514 g/mol. The molecule has 0 radical (unpaired) electrons. The largest absolute Gasteiger partial charge is 0.493 e. The second-order valence-electron chi connectivity index (χ2n) is 7.77. The van der Waals surface area contributed by atoms with E-state index in [-0.39, 0.29) is 28.8 Å². The standard InChI is InChI=1S/C26H24ClNO6S/c1-2-15-33-23-8-4-3-6-19(23)17-28(18-21-7-5-16-32-21)26(29)24-13-14-25(34-24)35(30,31)22-11-9-20(27)10-12-22/h3-14,16H,2,15,17-18H2,1H3. The maximum Gasteiger partial charge on any atom is 0.290 e. The average Bonchev–Trinajstić information content (AvgIpc) is 3.56. The normalized spacial score (nSPS) is 11.4. The summed E-state index contributed by atoms with van der Waals surface area (Å²) in [6.45, 7) is 2.93. The van der Waals surface area contributed by atoms with Gasteiger partial charge < -0.3 is 18.5 Å². The molecule has 0 bridgehead atoms. The van der Waals surface area contributed by atoms with Gasteiger partial charge in [0.2, 0.25) is 14.9 Å². The molecule has 2 heterocycles. The van der Waals surface area contributed by atoms with E-state index in [4.69, 9.17) is 25.2 Å². The van der Waals surface area contributed by atoms with Crippen LogP contribution < -0.4 is 4.74 Å². The molecule has 0 spiro atoms. The zero-order valence-electron chi connectivity index (χ0n) is 19.0. The summed E-state index contributed by atoms with van der Waals surface area (Å²) >= 11 is 5.87. The predicted octanol–water partition coefficient (Wildman–Crippen LogP) is 5.99. The first-order chi connectivity index (χ1) is 16.9. The van der Waals surface area contributed by atoms with Gasteiger partial charge >= 0.3 is 0 Å². The fourth-order valence-electron chi connectivity index (χ4n) is 3.45. The van der Waals surface area contributed by atoms with Crippen LogP contribution in [0.1, 0.15) is 35.2 Å². The fourth-order valence-corrected chi connectivity index (χ4v) is 4.75. The number of carbonyl (C=O) groups excluding carboxylic acids is 1. The number of nitrogens with zero attached hydrogens (tertiary/aromatic N) is 1. The molecule has 4 rings (SSSR count). The summed E-state index contributed by atoms with van der Waals surface area (Å²) in [5.41, 5.74) is 0.807. The van der Waals surface area contributed by atoms with Gasteiger partial charge in [0.05, 0.1) is 30.9 Å². The Labute approximate surface area is 208 Å². The minimum absolute atomic E-state index is 0.0182. The number of hydrogen-bond acceptors (Lipinski definition) is 6. The number of ether oxygens (including phenoxy) is 1. The first kappa shape index (κ1) is 24.6. The summed E-state index contributed by atoms with van der Waals surface area (Å²) < 4.78 is 42.7. The van der Waals surface area contributed by atoms with Crippen LogP contribution in [0.15, 0.2) is 97.9 Å². The van der Waals surface area contributed by atoms with Crippen molar-refractivity contribution in [1.29, 1.82) is 0 Å². The van der Waals surface area contributed by atoms with Gasteiger partial charge in [-0.2, -0.15) is 0 Å². The van der Waals surface area contributed by atoms with Gasteiger partial charge in [-0.3, -0.25) is 4.79 Å². The van der Waals surface area contributed by atoms with Crippen LogP contribution in [0.4, 0.5) is 0 Å². The molecular formula is C26H24ClNO6S. The van der Waals surface area contributed by atoms with Crippen molar-refractivity contribution in [1.82, 2.24) is 4.90 Å². The third kappa shape index (κ3) is 5.78. The number of hydrogen-bond donors (Lipinski definition) is 0. The molecule has 9 heteroatoms. The first-order valence-corrected chi connectivity index (χ1v) is 12.9. The Bertz CT molecular complexity index is 1380. The Morgan fingerprint density at radius 2 is 1.74 bits per heavy atom. The van der Waals surface area contributed by atoms with Gasteiger partial charge in [-0.1, -0.05) is 36.7 Å². The van der Waals surface area contributed by atoms with E-state index < -0.39 is 15.7 Å². The monoisotopic (exact) mass is 513 g/mol. The van der Waals surface area contributed by atoms with Crippen LogP contribution in [-0.2, 0) is 22.9 Å². The number of sulfone groups is 1. The highest BCUT2D eigenvalue weighted by Gasteiger charge is 2.27. The van der Waals surface area contributed by atoms with Gasteiger partial charge in [-0.05, 0) is 61.0 Å². The summed E-state index contributed by atoms with van der Waals surface area (Å²) in [4.78, 5) is 15.0. The number of rotatable bonds is 10. The quantitative estimate of drug-likeness (QED) is 0.259. The molecule has 0 fully saturated rings. The first-order valence-electron chi connectivity index (χ1n) is 11.0. The van der Waals surface area contributed by atoms with Crippen LogP contribution >= 0.6 is 11.6 Å². The summed E-state index contributed by atoms with van der Waals surface area (Å²) in [5, 5.41) is 0.0869. The lowest BCUT2D eigenvalue weighted by Crippen LogP contribution is -2.30. The second-order valence-corrected chi connectivity index (χ2v) is 10.1. The maximum atomic E-state index is 13.5. The molecule has 0 N–H and O–H groups in total. The molecule has 0 aliphatic carbocycles. The Balaban J connectivity index is 1.62. The van der Waals surface area contributed by atoms with Crippen molar-refractivity contribution in [2.24, 2.45) is 0 Å². The summed E-state index contributed by atoms with van der Waals surface area (Å²) in [5.74, 6) is 0.670. The minimum Gasteiger partial charge on any atom is -0.493 e. The molecule has 2 aromatic heterocycles. The zero-order valence-corrected chi connectivity index (χ0v) is 20.6. The highest BCUT2D eigenvalue weighted by molar-refractivity contribution is 7.91. The SMILES string of the molecule is CCCOc1ccccc1CN(Cc1ccco1)C(=O)c1ccc(S(=O)(=O)c2ccc(Cl)cc2)o1. The molecule has 0 aliphatic rings. The van der Waals surface area contributed by atoms with Crippen molar-refractivity contribution in [3.63, 3.8) is 0 Å². The fraction of sp³-hybridized carbons (Fsp3) is 0.192. The van der Waals surface area contributed by atoms with Gasteiger partial charge in [-0.15, -0.1) is 0 Å². The van der Waals surface area contributed by atoms with E-state index in [9.17, 15) is 13.2 Å². The van der Waals surface area contributed by atoms with Crippen LogP contribution in [0, 0.1) is 0 Å². The van der Waals surface area contributed by atoms with Gasteiger partial charge in [0, 0.05) is 10.6 Å². The molecule has 182 valence electrons. The van der Waals surface area contributed by atoms with Crippen LogP contribution in [0.5, 0.6) is 5.75 Å². The molecule has 1 amide bonds. The molecule has 0 unspecified atom stereocenters. The third-order valence-electron chi connectivity index (χ3n) is 5.19. The molecule has 35 heavy (non-hydrogen) atoms. The zero-order chi connectivity index (χ0) is 24.8. The molecule has 4 aromatic rings. The lowest BCUT2D eigenvalue weighted by Gasteiger charge is -2.22. The number of benzene rings is 2. The van der Waals surface area contributed by atoms with E-state index in [1.165, 1.54) is 47.6 Å². The number of amides is 1. The molecule has 0 saturated heterocycles. The predicted molar refractivity (Wildman–Crippen MR) is 130 cm³/mol. The molecule has 0 aliphatic heterocycles. The Kier molecular flexibility index (Phi) is 7.63. The van der Waals surface area contributed by atoms with Crippen molar-refractivity contribution in [3.05, 3.63) is 101 Å². The Hall–Kier alpha value is -3.49. The molecule has 7 nitrogen and oxygen atoms in total. The number of halogens is 1. The van der Waals surface area contributed by atoms with Gasteiger partial charge in [0.1, 0.15) is 11.5 Å². The number of para-hydroxylation sites is 1. The summed E-state index contributed by atoms with van der Waals surface area (Å²) in [6.07, 6.45) is 2.38. The van der Waals surface area contributed by atoms with Gasteiger partial charge in [0.25, 0.3) is 5.91 Å². The molecule has 0 atom stereocenters. The molecule has 2 aromatic carbocycles. The van der Waals surface area contributed by atoms with E-state index in [2.05, 4.69) is 0 Å². The van der Waals surface area contributed by atoms with Crippen molar-refractivity contribution < 1.29 is 26.8 Å². The van der Waals surface area contributed by atoms with Crippen LogP contribution in [0.2, 0.25) is 5.02 Å². The van der Waals surface area contributed by atoms with Crippen LogP contribution in [0.25, 0.3) is 0 Å². The summed E-state index contributed by atoms with van der Waals surface area (Å²) in [6, 6.07) is 19.3. The van der Waals surface area contributed by atoms with E-state index in [1.54, 1.807) is 12.1 Å². The van der Waals surface area contributed by atoms with E-state index in [0.717, 1.165) is 12.0 Å². The van der Waals surface area contributed by atoms with Gasteiger partial charge in [0.15, 0.2) is 5.76 Å². The smallest absolute Gasteiger partial charge is 0.290 e. The van der Waals surface area contributed by atoms with E-state index >= 15 is 0 Å². The highest BCUT2D eigenvalue weighted by Crippen LogP contribution is 2.27. The lowest BCUT2D eigenvalue weighted by atomic mass is 10.1. The Morgan fingerprint density at radius 3 is 2.46 bits per heavy atom. The Morgan fingerprint density at radius 1 is 0.971 bits per heavy atom. The van der Waals surface area contributed by atoms with E-state index in [0.29, 0.717) is 23.1 Å². The summed E-state index contributed by atoms with van der Waals surface area (Å²) in [7, 11) is -3.95. The van der Waals surface area contributed by atoms with Crippen molar-refractivity contribution >= 4 is 27.3 Å².